The summed E-state index contributed by atoms with van der Waals surface area (Å²) >= 11 is 0. The van der Waals surface area contributed by atoms with Crippen LogP contribution in [0, 0.1) is 5.92 Å². The zero-order valence-corrected chi connectivity index (χ0v) is 17.2. The van der Waals surface area contributed by atoms with Crippen LogP contribution in [0.1, 0.15) is 23.2 Å². The van der Waals surface area contributed by atoms with Crippen LogP contribution in [-0.4, -0.2) is 69.8 Å². The molecule has 2 N–H and O–H groups in total. The van der Waals surface area contributed by atoms with Gasteiger partial charge in [0.2, 0.25) is 5.91 Å². The number of hydrogen-bond donors (Lipinski definition) is 2. The number of carbonyl (C=O) groups excluding carboxylic acids is 2. The number of rotatable bonds is 10. The van der Waals surface area contributed by atoms with E-state index in [0.717, 1.165) is 0 Å². The molecule has 1 fully saturated rings. The maximum Gasteiger partial charge on any atom is 0.387 e. The number of alkyl halides is 2. The van der Waals surface area contributed by atoms with E-state index in [4.69, 9.17) is 4.74 Å². The predicted octanol–water partition coefficient (Wildman–Crippen LogP) is 1.91. The number of likely N-dealkylation sites (tertiary alicyclic amines) is 1. The van der Waals surface area contributed by atoms with Gasteiger partial charge in [0.05, 0.1) is 18.1 Å². The molecule has 29 heavy (non-hydrogen) atoms. The second-order valence-electron chi connectivity index (χ2n) is 6.50. The number of carbonyl (C=O) groups is 2. The Morgan fingerprint density at radius 1 is 1.24 bits per heavy atom. The van der Waals surface area contributed by atoms with Gasteiger partial charge in [-0.15, -0.1) is 12.4 Å². The van der Waals surface area contributed by atoms with Gasteiger partial charge in [-0.25, -0.2) is 0 Å². The van der Waals surface area contributed by atoms with Crippen molar-refractivity contribution in [1.29, 1.82) is 0 Å². The maximum absolute atomic E-state index is 12.8. The summed E-state index contributed by atoms with van der Waals surface area (Å²) in [5.74, 6) is -0.991. The number of para-hydroxylation sites is 1. The number of methoxy groups -OCH3 is 1. The van der Waals surface area contributed by atoms with Gasteiger partial charge in [-0.05, 0) is 25.0 Å². The van der Waals surface area contributed by atoms with Crippen LogP contribution >= 0.6 is 12.4 Å². The molecule has 7 nitrogen and oxygen atoms in total. The standard InChI is InChI=1S/C19H27F2N3O4.ClH/c1-27-12-10-22-8-9-23-17(25)14-5-4-11-24(13-14)18(26)15-6-2-3-7-16(15)28-19(20)21;/h2-3,6-7,14,19,22H,4-5,8-13H2,1H3,(H,23,25);1H. The number of benzene rings is 1. The molecule has 0 radical (unpaired) electrons. The Kier molecular flexibility index (Phi) is 11.5. The third kappa shape index (κ3) is 8.12. The van der Waals surface area contributed by atoms with Gasteiger partial charge in [-0.1, -0.05) is 12.1 Å². The number of nitrogens with zero attached hydrogens (tertiary/aromatic N) is 1. The van der Waals surface area contributed by atoms with E-state index in [-0.39, 0.29) is 42.1 Å². The van der Waals surface area contributed by atoms with Crippen LogP contribution in [0.4, 0.5) is 8.78 Å². The van der Waals surface area contributed by atoms with Crippen molar-refractivity contribution in [2.24, 2.45) is 5.92 Å². The molecule has 0 aromatic heterocycles. The Hall–Kier alpha value is -1.97. The van der Waals surface area contributed by atoms with Crippen molar-refractivity contribution < 1.29 is 27.8 Å². The summed E-state index contributed by atoms with van der Waals surface area (Å²) in [7, 11) is 1.62. The van der Waals surface area contributed by atoms with Crippen LogP contribution in [-0.2, 0) is 9.53 Å². The lowest BCUT2D eigenvalue weighted by Gasteiger charge is -2.32. The van der Waals surface area contributed by atoms with Gasteiger partial charge in [0, 0.05) is 39.8 Å². The van der Waals surface area contributed by atoms with Crippen molar-refractivity contribution in [3.05, 3.63) is 29.8 Å². The Balaban J connectivity index is 0.00000420. The number of hydrogen-bond acceptors (Lipinski definition) is 5. The lowest BCUT2D eigenvalue weighted by molar-refractivity contribution is -0.126. The zero-order chi connectivity index (χ0) is 20.4. The monoisotopic (exact) mass is 435 g/mol. The minimum atomic E-state index is -3.01. The van der Waals surface area contributed by atoms with E-state index in [9.17, 15) is 18.4 Å². The van der Waals surface area contributed by atoms with Crippen LogP contribution in [0.15, 0.2) is 24.3 Å². The Morgan fingerprint density at radius 3 is 2.72 bits per heavy atom. The summed E-state index contributed by atoms with van der Waals surface area (Å²) < 4.78 is 34.5. The molecule has 1 aromatic rings. The smallest absolute Gasteiger partial charge is 0.387 e. The molecule has 0 bridgehead atoms. The lowest BCUT2D eigenvalue weighted by atomic mass is 9.96. The van der Waals surface area contributed by atoms with Crippen LogP contribution in [0.25, 0.3) is 0 Å². The number of halogens is 3. The molecule has 1 unspecified atom stereocenters. The van der Waals surface area contributed by atoms with E-state index in [1.165, 1.54) is 23.1 Å². The fourth-order valence-corrected chi connectivity index (χ4v) is 3.11. The molecule has 1 atom stereocenters. The van der Waals surface area contributed by atoms with Crippen molar-refractivity contribution in [1.82, 2.24) is 15.5 Å². The van der Waals surface area contributed by atoms with Gasteiger partial charge in [0.15, 0.2) is 0 Å². The first-order valence-corrected chi connectivity index (χ1v) is 9.33. The highest BCUT2D eigenvalue weighted by molar-refractivity contribution is 5.97. The number of nitrogens with one attached hydrogen (secondary N) is 2. The summed E-state index contributed by atoms with van der Waals surface area (Å²) in [5, 5.41) is 6.00. The minimum absolute atomic E-state index is 0. The first-order valence-electron chi connectivity index (χ1n) is 9.33. The summed E-state index contributed by atoms with van der Waals surface area (Å²) in [6.07, 6.45) is 1.36. The molecular weight excluding hydrogens is 408 g/mol. The number of piperidine rings is 1. The highest BCUT2D eigenvalue weighted by Gasteiger charge is 2.30. The van der Waals surface area contributed by atoms with Crippen LogP contribution < -0.4 is 15.4 Å². The highest BCUT2D eigenvalue weighted by atomic mass is 35.5. The third-order valence-electron chi connectivity index (χ3n) is 4.50. The molecule has 2 amide bonds. The van der Waals surface area contributed by atoms with Gasteiger partial charge >= 0.3 is 6.61 Å². The molecule has 1 aliphatic rings. The molecule has 1 heterocycles. The van der Waals surface area contributed by atoms with E-state index in [0.29, 0.717) is 45.6 Å². The van der Waals surface area contributed by atoms with E-state index in [1.807, 2.05) is 0 Å². The molecule has 164 valence electrons. The van der Waals surface area contributed by atoms with Gasteiger partial charge < -0.3 is 25.0 Å². The van der Waals surface area contributed by atoms with Gasteiger partial charge in [-0.3, -0.25) is 9.59 Å². The molecule has 0 aliphatic carbocycles. The average molecular weight is 436 g/mol. The predicted molar refractivity (Wildman–Crippen MR) is 107 cm³/mol. The summed E-state index contributed by atoms with van der Waals surface area (Å²) in [4.78, 5) is 26.7. The van der Waals surface area contributed by atoms with Gasteiger partial charge in [0.25, 0.3) is 5.91 Å². The highest BCUT2D eigenvalue weighted by Crippen LogP contribution is 2.25. The number of amides is 2. The summed E-state index contributed by atoms with van der Waals surface area (Å²) in [6.45, 7) is 0.143. The topological polar surface area (TPSA) is 79.9 Å². The third-order valence-corrected chi connectivity index (χ3v) is 4.50. The Labute approximate surface area is 175 Å². The van der Waals surface area contributed by atoms with Crippen molar-refractivity contribution in [2.75, 3.05) is 46.4 Å². The number of ether oxygens (including phenoxy) is 2. The lowest BCUT2D eigenvalue weighted by Crippen LogP contribution is -2.46. The molecule has 1 aromatic carbocycles. The minimum Gasteiger partial charge on any atom is -0.434 e. The molecule has 1 saturated heterocycles. The molecule has 10 heteroatoms. The zero-order valence-electron chi connectivity index (χ0n) is 16.4. The van der Waals surface area contributed by atoms with E-state index in [2.05, 4.69) is 15.4 Å². The first kappa shape index (κ1) is 25.1. The van der Waals surface area contributed by atoms with Crippen molar-refractivity contribution >= 4 is 24.2 Å². The molecule has 0 spiro atoms. The fourth-order valence-electron chi connectivity index (χ4n) is 3.11. The second-order valence-corrected chi connectivity index (χ2v) is 6.50. The molecule has 0 saturated carbocycles. The van der Waals surface area contributed by atoms with Crippen molar-refractivity contribution in [2.45, 2.75) is 19.5 Å². The van der Waals surface area contributed by atoms with Crippen LogP contribution in [0.3, 0.4) is 0 Å². The van der Waals surface area contributed by atoms with E-state index in [1.54, 1.807) is 13.2 Å². The van der Waals surface area contributed by atoms with Crippen molar-refractivity contribution in [3.8, 4) is 5.75 Å². The van der Waals surface area contributed by atoms with Gasteiger partial charge in [-0.2, -0.15) is 8.78 Å². The van der Waals surface area contributed by atoms with E-state index < -0.39 is 12.5 Å². The average Bonchev–Trinajstić information content (AvgIpc) is 2.70. The molecular formula is C19H28ClF2N3O4. The quantitative estimate of drug-likeness (QED) is 0.549. The van der Waals surface area contributed by atoms with Gasteiger partial charge in [0.1, 0.15) is 5.75 Å². The molecule has 2 rings (SSSR count). The van der Waals surface area contributed by atoms with E-state index >= 15 is 0 Å². The van der Waals surface area contributed by atoms with Crippen LogP contribution in [0.5, 0.6) is 5.75 Å². The first-order chi connectivity index (χ1) is 13.5. The largest absolute Gasteiger partial charge is 0.434 e. The van der Waals surface area contributed by atoms with Crippen molar-refractivity contribution in [3.63, 3.8) is 0 Å². The SMILES string of the molecule is COCCNCCNC(=O)C1CCCN(C(=O)c2ccccc2OC(F)F)C1.Cl. The summed E-state index contributed by atoms with van der Waals surface area (Å²) in [6, 6.07) is 5.91. The molecule has 1 aliphatic heterocycles. The Bertz CT molecular complexity index is 652. The maximum atomic E-state index is 12.8. The fraction of sp³-hybridized carbons (Fsp3) is 0.579. The normalized spacial score (nSPS) is 16.3. The Morgan fingerprint density at radius 2 is 2.00 bits per heavy atom. The van der Waals surface area contributed by atoms with Crippen LogP contribution in [0.2, 0.25) is 0 Å². The summed E-state index contributed by atoms with van der Waals surface area (Å²) in [5.41, 5.74) is 0.0752. The second kappa shape index (κ2) is 13.3.